The number of thiazole rings is 1. The Morgan fingerprint density at radius 3 is 2.73 bits per heavy atom. The lowest BCUT2D eigenvalue weighted by molar-refractivity contribution is 0.121. The van der Waals surface area contributed by atoms with Gasteiger partial charge in [-0.2, -0.15) is 10.2 Å². The molecule has 0 unspecified atom stereocenters. The van der Waals surface area contributed by atoms with Crippen LogP contribution in [0.15, 0.2) is 36.8 Å². The van der Waals surface area contributed by atoms with Gasteiger partial charge in [-0.15, -0.1) is 4.80 Å². The fourth-order valence-corrected chi connectivity index (χ4v) is 3.77. The molecule has 0 saturated carbocycles. The molecule has 30 heavy (non-hydrogen) atoms. The molecule has 9 nitrogen and oxygen atoms in total. The number of aryl methyl sites for hydroxylation is 1. The third-order valence-corrected chi connectivity index (χ3v) is 5.30. The second-order valence-corrected chi connectivity index (χ2v) is 7.60. The molecular formula is C19H18FN7O2S. The number of fused-ring (bicyclic) bond motifs is 1. The van der Waals surface area contributed by atoms with Crippen LogP contribution in [0.5, 0.6) is 0 Å². The van der Waals surface area contributed by atoms with Crippen molar-refractivity contribution in [2.24, 2.45) is 0 Å². The van der Waals surface area contributed by atoms with Gasteiger partial charge in [-0.25, -0.2) is 19.2 Å². The van der Waals surface area contributed by atoms with Crippen molar-refractivity contribution in [2.45, 2.75) is 20.0 Å². The van der Waals surface area contributed by atoms with E-state index < -0.39 is 11.8 Å². The smallest absolute Gasteiger partial charge is 0.323 e. The predicted molar refractivity (Wildman–Crippen MR) is 112 cm³/mol. The molecule has 2 N–H and O–H groups in total. The van der Waals surface area contributed by atoms with Crippen LogP contribution in [-0.4, -0.2) is 38.1 Å². The molecule has 0 radical (unpaired) electrons. The van der Waals surface area contributed by atoms with Crippen LogP contribution >= 0.6 is 11.3 Å². The van der Waals surface area contributed by atoms with Crippen LogP contribution in [-0.2, 0) is 4.74 Å². The van der Waals surface area contributed by atoms with Crippen molar-refractivity contribution in [2.75, 3.05) is 17.7 Å². The molecule has 4 aromatic rings. The third-order valence-electron chi connectivity index (χ3n) is 4.42. The Morgan fingerprint density at radius 2 is 2.03 bits per heavy atom. The van der Waals surface area contributed by atoms with E-state index in [0.29, 0.717) is 11.2 Å². The number of pyridine rings is 1. The number of carbonyl (C=O) groups excluding carboxylic acids is 1. The van der Waals surface area contributed by atoms with Crippen LogP contribution in [0.4, 0.5) is 20.6 Å². The van der Waals surface area contributed by atoms with E-state index in [1.54, 1.807) is 19.4 Å². The molecule has 1 atom stereocenters. The number of urea groups is 1. The lowest BCUT2D eigenvalue weighted by atomic mass is 10.1. The summed E-state index contributed by atoms with van der Waals surface area (Å²) in [5.41, 5.74) is 2.34. The van der Waals surface area contributed by atoms with Crippen molar-refractivity contribution in [1.82, 2.24) is 25.0 Å². The Balaban J connectivity index is 1.57. The van der Waals surface area contributed by atoms with E-state index in [4.69, 9.17) is 4.74 Å². The molecule has 2 amide bonds. The zero-order valence-electron chi connectivity index (χ0n) is 16.4. The number of rotatable bonds is 5. The van der Waals surface area contributed by atoms with Crippen LogP contribution in [0.3, 0.4) is 0 Å². The van der Waals surface area contributed by atoms with Crippen molar-refractivity contribution in [1.29, 1.82) is 0 Å². The van der Waals surface area contributed by atoms with Gasteiger partial charge in [0.05, 0.1) is 35.4 Å². The minimum absolute atomic E-state index is 0.177. The molecule has 1 aromatic carbocycles. The number of nitrogens with one attached hydrogen (secondary N) is 2. The molecule has 0 aliphatic heterocycles. The Morgan fingerprint density at radius 1 is 1.27 bits per heavy atom. The standard InChI is InChI=1S/C19H18FN7O2S/c1-10(29-3)16-14(9-21-18-17(16)24-11(2)30-18)26-19(28)25-12-4-5-15(13(20)8-12)27-22-6-7-23-27/h4-10H,1-3H3,(H2,25,26,28)/t10-/m0/s1. The maximum Gasteiger partial charge on any atom is 0.323 e. The van der Waals surface area contributed by atoms with Gasteiger partial charge in [0.15, 0.2) is 5.82 Å². The average molecular weight is 427 g/mol. The van der Waals surface area contributed by atoms with Crippen LogP contribution < -0.4 is 10.6 Å². The van der Waals surface area contributed by atoms with Crippen molar-refractivity contribution in [3.8, 4) is 5.69 Å². The van der Waals surface area contributed by atoms with E-state index in [0.717, 1.165) is 20.2 Å². The fourth-order valence-electron chi connectivity index (χ4n) is 3.00. The molecule has 0 fully saturated rings. The average Bonchev–Trinajstić information content (AvgIpc) is 3.36. The quantitative estimate of drug-likeness (QED) is 0.497. The minimum Gasteiger partial charge on any atom is -0.377 e. The van der Waals surface area contributed by atoms with Gasteiger partial charge in [0.25, 0.3) is 0 Å². The van der Waals surface area contributed by atoms with Crippen LogP contribution in [0.25, 0.3) is 16.0 Å². The van der Waals surface area contributed by atoms with E-state index in [1.165, 1.54) is 35.9 Å². The van der Waals surface area contributed by atoms with E-state index in [-0.39, 0.29) is 17.5 Å². The lowest BCUT2D eigenvalue weighted by Gasteiger charge is -2.16. The first kappa shape index (κ1) is 19.9. The van der Waals surface area contributed by atoms with Crippen molar-refractivity contribution in [3.63, 3.8) is 0 Å². The Labute approximate surface area is 174 Å². The first-order valence-corrected chi connectivity index (χ1v) is 9.81. The van der Waals surface area contributed by atoms with Crippen molar-refractivity contribution < 1.29 is 13.9 Å². The van der Waals surface area contributed by atoms with Crippen LogP contribution in [0, 0.1) is 12.7 Å². The SMILES string of the molecule is CO[C@@H](C)c1c(NC(=O)Nc2ccc(-n3nccn3)c(F)c2)cnc2sc(C)nc12. The van der Waals surface area contributed by atoms with Gasteiger partial charge in [-0.3, -0.25) is 0 Å². The summed E-state index contributed by atoms with van der Waals surface area (Å²) in [4.78, 5) is 23.4. The number of carbonyl (C=O) groups is 1. The number of ether oxygens (including phenoxy) is 1. The van der Waals surface area contributed by atoms with E-state index in [9.17, 15) is 9.18 Å². The first-order chi connectivity index (χ1) is 14.5. The third kappa shape index (κ3) is 3.84. The summed E-state index contributed by atoms with van der Waals surface area (Å²) in [6.07, 6.45) is 4.15. The van der Waals surface area contributed by atoms with Gasteiger partial charge in [0, 0.05) is 18.4 Å². The number of nitrogens with zero attached hydrogens (tertiary/aromatic N) is 5. The summed E-state index contributed by atoms with van der Waals surface area (Å²) in [6, 6.07) is 3.69. The van der Waals surface area contributed by atoms with Gasteiger partial charge in [0.1, 0.15) is 16.0 Å². The van der Waals surface area contributed by atoms with Gasteiger partial charge in [-0.05, 0) is 32.0 Å². The van der Waals surface area contributed by atoms with Gasteiger partial charge in [0.2, 0.25) is 0 Å². The van der Waals surface area contributed by atoms with Gasteiger partial charge >= 0.3 is 6.03 Å². The summed E-state index contributed by atoms with van der Waals surface area (Å²) >= 11 is 1.47. The molecule has 3 heterocycles. The molecule has 4 rings (SSSR count). The highest BCUT2D eigenvalue weighted by atomic mass is 32.1. The zero-order valence-corrected chi connectivity index (χ0v) is 17.2. The molecule has 154 valence electrons. The van der Waals surface area contributed by atoms with Gasteiger partial charge < -0.3 is 15.4 Å². The number of hydrogen-bond acceptors (Lipinski definition) is 7. The molecular weight excluding hydrogens is 409 g/mol. The molecule has 11 heteroatoms. The van der Waals surface area contributed by atoms with E-state index >= 15 is 0 Å². The molecule has 0 aliphatic rings. The number of hydrogen-bond donors (Lipinski definition) is 2. The maximum atomic E-state index is 14.4. The number of halogens is 1. The van der Waals surface area contributed by atoms with Crippen molar-refractivity contribution >= 4 is 39.1 Å². The lowest BCUT2D eigenvalue weighted by Crippen LogP contribution is -2.21. The Bertz CT molecular complexity index is 1210. The molecule has 3 aromatic heterocycles. The Kier molecular flexibility index (Phi) is 5.38. The summed E-state index contributed by atoms with van der Waals surface area (Å²) < 4.78 is 19.8. The highest BCUT2D eigenvalue weighted by Gasteiger charge is 2.20. The minimum atomic E-state index is -0.571. The van der Waals surface area contributed by atoms with Crippen molar-refractivity contribution in [3.05, 3.63) is 53.2 Å². The second kappa shape index (κ2) is 8.13. The highest BCUT2D eigenvalue weighted by molar-refractivity contribution is 7.18. The molecule has 0 bridgehead atoms. The summed E-state index contributed by atoms with van der Waals surface area (Å²) in [6.45, 7) is 3.76. The number of anilines is 2. The van der Waals surface area contributed by atoms with E-state index in [1.807, 2.05) is 13.8 Å². The number of amides is 2. The number of benzene rings is 1. The van der Waals surface area contributed by atoms with E-state index in [2.05, 4.69) is 30.8 Å². The van der Waals surface area contributed by atoms with Gasteiger partial charge in [-0.1, -0.05) is 11.3 Å². The zero-order chi connectivity index (χ0) is 21.3. The summed E-state index contributed by atoms with van der Waals surface area (Å²) in [5, 5.41) is 14.0. The summed E-state index contributed by atoms with van der Waals surface area (Å²) in [5.74, 6) is -0.571. The highest BCUT2D eigenvalue weighted by Crippen LogP contribution is 2.33. The van der Waals surface area contributed by atoms with Crippen LogP contribution in [0.1, 0.15) is 23.6 Å². The fraction of sp³-hybridized carbons (Fsp3) is 0.211. The number of aromatic nitrogens is 5. The molecule has 0 spiro atoms. The molecule has 0 aliphatic carbocycles. The molecule has 0 saturated heterocycles. The number of methoxy groups -OCH3 is 1. The monoisotopic (exact) mass is 427 g/mol. The predicted octanol–water partition coefficient (Wildman–Crippen LogP) is 4.07. The normalized spacial score (nSPS) is 12.1. The summed E-state index contributed by atoms with van der Waals surface area (Å²) in [7, 11) is 1.58. The second-order valence-electron chi connectivity index (χ2n) is 6.41. The largest absolute Gasteiger partial charge is 0.377 e. The topological polar surface area (TPSA) is 107 Å². The maximum absolute atomic E-state index is 14.4. The van der Waals surface area contributed by atoms with Crippen LogP contribution in [0.2, 0.25) is 0 Å². The Hall–Kier alpha value is -3.44. The first-order valence-electron chi connectivity index (χ1n) is 8.99.